The highest BCUT2D eigenvalue weighted by atomic mass is 16.5. The van der Waals surface area contributed by atoms with Crippen LogP contribution >= 0.6 is 0 Å². The molecule has 0 saturated carbocycles. The molecular formula is C24H30N4O2. The van der Waals surface area contributed by atoms with Crippen molar-refractivity contribution in [2.75, 3.05) is 33.9 Å². The van der Waals surface area contributed by atoms with Crippen LogP contribution in [0.15, 0.2) is 54.7 Å². The molecule has 1 amide bonds. The second kappa shape index (κ2) is 9.41. The maximum absolute atomic E-state index is 13.4. The van der Waals surface area contributed by atoms with Gasteiger partial charge in [0.05, 0.1) is 12.3 Å². The molecule has 0 bridgehead atoms. The number of ether oxygens (including phenoxy) is 1. The van der Waals surface area contributed by atoms with E-state index in [9.17, 15) is 4.79 Å². The number of carbonyl (C=O) groups excluding carboxylic acids is 1. The summed E-state index contributed by atoms with van der Waals surface area (Å²) in [5.74, 6) is 0.505. The van der Waals surface area contributed by atoms with E-state index in [-0.39, 0.29) is 5.91 Å². The molecule has 1 aliphatic rings. The Hall–Kier alpha value is -2.70. The van der Waals surface area contributed by atoms with E-state index in [0.717, 1.165) is 43.0 Å². The number of hydrogen-bond acceptors (Lipinski definition) is 4. The molecule has 0 spiro atoms. The molecule has 2 aromatic heterocycles. The zero-order valence-corrected chi connectivity index (χ0v) is 17.8. The number of pyridine rings is 1. The summed E-state index contributed by atoms with van der Waals surface area (Å²) >= 11 is 0. The number of piperidine rings is 1. The van der Waals surface area contributed by atoms with E-state index in [2.05, 4.69) is 9.30 Å². The third-order valence-electron chi connectivity index (χ3n) is 5.82. The Morgan fingerprint density at radius 3 is 2.80 bits per heavy atom. The Kier molecular flexibility index (Phi) is 6.45. The number of likely N-dealkylation sites (tertiary alicyclic amines) is 1. The van der Waals surface area contributed by atoms with Crippen LogP contribution in [-0.2, 0) is 17.8 Å². The fourth-order valence-corrected chi connectivity index (χ4v) is 4.36. The zero-order chi connectivity index (χ0) is 20.9. The fraction of sp³-hybridized carbons (Fsp3) is 0.417. The van der Waals surface area contributed by atoms with Crippen LogP contribution in [0.5, 0.6) is 0 Å². The van der Waals surface area contributed by atoms with Crippen LogP contribution < -0.4 is 0 Å². The largest absolute Gasteiger partial charge is 0.384 e. The Morgan fingerprint density at radius 1 is 1.20 bits per heavy atom. The molecule has 1 aromatic carbocycles. The van der Waals surface area contributed by atoms with E-state index < -0.39 is 0 Å². The Balaban J connectivity index is 1.59. The molecule has 1 fully saturated rings. The smallest absolute Gasteiger partial charge is 0.274 e. The highest BCUT2D eigenvalue weighted by Crippen LogP contribution is 2.22. The number of rotatable bonds is 7. The van der Waals surface area contributed by atoms with E-state index in [1.54, 1.807) is 12.0 Å². The molecular weight excluding hydrogens is 376 g/mol. The monoisotopic (exact) mass is 406 g/mol. The lowest BCUT2D eigenvalue weighted by Crippen LogP contribution is -2.37. The van der Waals surface area contributed by atoms with Gasteiger partial charge in [0.2, 0.25) is 0 Å². The normalized spacial score (nSPS) is 17.3. The van der Waals surface area contributed by atoms with Crippen molar-refractivity contribution < 1.29 is 9.53 Å². The number of benzene rings is 1. The number of methoxy groups -OCH3 is 1. The van der Waals surface area contributed by atoms with Crippen LogP contribution in [0.1, 0.15) is 34.6 Å². The number of amides is 1. The van der Waals surface area contributed by atoms with Crippen LogP contribution in [0.4, 0.5) is 0 Å². The second-order valence-corrected chi connectivity index (χ2v) is 8.18. The quantitative estimate of drug-likeness (QED) is 0.603. The number of aromatic nitrogens is 2. The molecule has 3 aromatic rings. The van der Waals surface area contributed by atoms with Gasteiger partial charge in [-0.25, -0.2) is 4.98 Å². The summed E-state index contributed by atoms with van der Waals surface area (Å²) in [6.45, 7) is 4.09. The SMILES string of the molecule is COCC1CCCN(Cc2c(C(=O)N(C)Cc3ccccc3)nc3ccccn23)C1. The van der Waals surface area contributed by atoms with Crippen molar-refractivity contribution in [3.63, 3.8) is 0 Å². The molecule has 158 valence electrons. The second-order valence-electron chi connectivity index (χ2n) is 8.18. The number of fused-ring (bicyclic) bond motifs is 1. The summed E-state index contributed by atoms with van der Waals surface area (Å²) in [6, 6.07) is 16.0. The van der Waals surface area contributed by atoms with Gasteiger partial charge in [-0.2, -0.15) is 0 Å². The van der Waals surface area contributed by atoms with Crippen molar-refractivity contribution in [1.82, 2.24) is 19.2 Å². The van der Waals surface area contributed by atoms with Gasteiger partial charge in [0, 0.05) is 40.0 Å². The first kappa shape index (κ1) is 20.6. The summed E-state index contributed by atoms with van der Waals surface area (Å²) in [6.07, 6.45) is 4.35. The molecule has 3 heterocycles. The van der Waals surface area contributed by atoms with Crippen LogP contribution in [-0.4, -0.2) is 58.9 Å². The van der Waals surface area contributed by atoms with Gasteiger partial charge in [-0.15, -0.1) is 0 Å². The lowest BCUT2D eigenvalue weighted by molar-refractivity contribution is 0.0767. The van der Waals surface area contributed by atoms with E-state index >= 15 is 0 Å². The van der Waals surface area contributed by atoms with E-state index in [1.807, 2.05) is 61.8 Å². The first-order valence-electron chi connectivity index (χ1n) is 10.6. The lowest BCUT2D eigenvalue weighted by Gasteiger charge is -2.32. The first-order valence-corrected chi connectivity index (χ1v) is 10.6. The Labute approximate surface area is 178 Å². The standard InChI is InChI=1S/C24H30N4O2/c1-26(15-19-9-4-3-5-10-19)24(29)23-21(28-14-7-6-12-22(28)25-23)17-27-13-8-11-20(16-27)18-30-2/h3-7,9-10,12,14,20H,8,11,13,15-18H2,1-2H3. The Bertz CT molecular complexity index is 983. The summed E-state index contributed by atoms with van der Waals surface area (Å²) in [7, 11) is 3.61. The van der Waals surface area contributed by atoms with Gasteiger partial charge in [-0.3, -0.25) is 9.69 Å². The van der Waals surface area contributed by atoms with Crippen molar-refractivity contribution in [2.45, 2.75) is 25.9 Å². The molecule has 0 N–H and O–H groups in total. The molecule has 6 nitrogen and oxygen atoms in total. The molecule has 1 atom stereocenters. The van der Waals surface area contributed by atoms with Crippen LogP contribution in [0, 0.1) is 5.92 Å². The summed E-state index contributed by atoms with van der Waals surface area (Å²) in [5.41, 5.74) is 3.44. The minimum Gasteiger partial charge on any atom is -0.384 e. The van der Waals surface area contributed by atoms with Gasteiger partial charge < -0.3 is 14.0 Å². The van der Waals surface area contributed by atoms with Gasteiger partial charge in [0.25, 0.3) is 5.91 Å². The summed E-state index contributed by atoms with van der Waals surface area (Å²) < 4.78 is 7.44. The van der Waals surface area contributed by atoms with Crippen molar-refractivity contribution >= 4 is 11.6 Å². The van der Waals surface area contributed by atoms with Crippen molar-refractivity contribution in [1.29, 1.82) is 0 Å². The number of carbonyl (C=O) groups is 1. The average molecular weight is 407 g/mol. The minimum atomic E-state index is -0.0389. The number of nitrogens with zero attached hydrogens (tertiary/aromatic N) is 4. The van der Waals surface area contributed by atoms with Gasteiger partial charge >= 0.3 is 0 Å². The highest BCUT2D eigenvalue weighted by Gasteiger charge is 2.26. The summed E-state index contributed by atoms with van der Waals surface area (Å²) in [5, 5.41) is 0. The molecule has 30 heavy (non-hydrogen) atoms. The van der Waals surface area contributed by atoms with Crippen molar-refractivity contribution in [3.05, 3.63) is 71.7 Å². The lowest BCUT2D eigenvalue weighted by atomic mass is 9.99. The third kappa shape index (κ3) is 4.55. The van der Waals surface area contributed by atoms with Crippen molar-refractivity contribution in [3.8, 4) is 0 Å². The van der Waals surface area contributed by atoms with E-state index in [0.29, 0.717) is 24.7 Å². The predicted molar refractivity (Wildman–Crippen MR) is 117 cm³/mol. The van der Waals surface area contributed by atoms with E-state index in [4.69, 9.17) is 9.72 Å². The molecule has 1 unspecified atom stereocenters. The van der Waals surface area contributed by atoms with Crippen LogP contribution in [0.25, 0.3) is 5.65 Å². The van der Waals surface area contributed by atoms with Crippen LogP contribution in [0.2, 0.25) is 0 Å². The summed E-state index contributed by atoms with van der Waals surface area (Å²) in [4.78, 5) is 22.3. The topological polar surface area (TPSA) is 50.1 Å². The van der Waals surface area contributed by atoms with Gasteiger partial charge in [0.1, 0.15) is 5.65 Å². The Morgan fingerprint density at radius 2 is 2.00 bits per heavy atom. The van der Waals surface area contributed by atoms with Crippen molar-refractivity contribution in [2.24, 2.45) is 5.92 Å². The van der Waals surface area contributed by atoms with Crippen LogP contribution in [0.3, 0.4) is 0 Å². The molecule has 1 aliphatic heterocycles. The fourth-order valence-electron chi connectivity index (χ4n) is 4.36. The molecule has 1 saturated heterocycles. The molecule has 6 heteroatoms. The molecule has 0 aliphatic carbocycles. The van der Waals surface area contributed by atoms with E-state index in [1.165, 1.54) is 6.42 Å². The van der Waals surface area contributed by atoms with Gasteiger partial charge in [-0.05, 0) is 43.0 Å². The predicted octanol–water partition coefficient (Wildman–Crippen LogP) is 3.46. The minimum absolute atomic E-state index is 0.0389. The zero-order valence-electron chi connectivity index (χ0n) is 17.8. The van der Waals surface area contributed by atoms with Gasteiger partial charge in [0.15, 0.2) is 5.69 Å². The molecule has 4 rings (SSSR count). The number of hydrogen-bond donors (Lipinski definition) is 0. The van der Waals surface area contributed by atoms with Gasteiger partial charge in [-0.1, -0.05) is 36.4 Å². The maximum Gasteiger partial charge on any atom is 0.274 e. The number of imidazole rings is 1. The maximum atomic E-state index is 13.4. The molecule has 0 radical (unpaired) electrons. The highest BCUT2D eigenvalue weighted by molar-refractivity contribution is 5.94. The first-order chi connectivity index (χ1) is 14.7. The third-order valence-corrected chi connectivity index (χ3v) is 5.82. The average Bonchev–Trinajstić information content (AvgIpc) is 3.13.